The van der Waals surface area contributed by atoms with Crippen molar-refractivity contribution in [3.8, 4) is 0 Å². The van der Waals surface area contributed by atoms with Crippen LogP contribution in [0.1, 0.15) is 41.5 Å². The van der Waals surface area contributed by atoms with Gasteiger partial charge < -0.3 is 16.8 Å². The molecule has 0 heterocycles. The van der Waals surface area contributed by atoms with E-state index in [-0.39, 0.29) is 26.3 Å². The van der Waals surface area contributed by atoms with Gasteiger partial charge in [0, 0.05) is 32.2 Å². The summed E-state index contributed by atoms with van der Waals surface area (Å²) in [6.07, 6.45) is 0. The Balaban J connectivity index is -0.000000116. The molecule has 0 aromatic carbocycles. The summed E-state index contributed by atoms with van der Waals surface area (Å²) >= 11 is 17.4. The van der Waals surface area contributed by atoms with Crippen molar-refractivity contribution in [1.82, 2.24) is 16.8 Å². The van der Waals surface area contributed by atoms with Gasteiger partial charge in [-0.05, 0) is 25.7 Å². The van der Waals surface area contributed by atoms with Crippen LogP contribution < -0.4 is 16.8 Å². The summed E-state index contributed by atoms with van der Waals surface area (Å²) in [5.41, 5.74) is 0. The SMILES string of the molecule is CC(C)C(C)NC(=S)S.CC(C)C(C)NC(=S)S.N.[99Tc]. The van der Waals surface area contributed by atoms with Gasteiger partial charge in [-0.3, -0.25) is 0 Å². The van der Waals surface area contributed by atoms with E-state index >= 15 is 0 Å². The van der Waals surface area contributed by atoms with E-state index in [4.69, 9.17) is 24.4 Å². The van der Waals surface area contributed by atoms with Crippen LogP contribution in [0, 0.1) is 11.8 Å². The van der Waals surface area contributed by atoms with Crippen LogP contribution in [0.4, 0.5) is 0 Å². The van der Waals surface area contributed by atoms with Crippen molar-refractivity contribution >= 4 is 58.3 Å². The normalized spacial score (nSPS) is 12.1. The van der Waals surface area contributed by atoms with Crippen LogP contribution in [0.2, 0.25) is 0 Å². The Morgan fingerprint density at radius 3 is 1.00 bits per heavy atom. The maximum atomic E-state index is 4.74. The van der Waals surface area contributed by atoms with E-state index in [1.807, 2.05) is 0 Å². The predicted octanol–water partition coefficient (Wildman–Crippen LogP) is 3.83. The molecule has 0 aromatic heterocycles. The van der Waals surface area contributed by atoms with E-state index in [1.165, 1.54) is 0 Å². The molecule has 2 unspecified atom stereocenters. The van der Waals surface area contributed by atoms with Crippen LogP contribution >= 0.6 is 49.7 Å². The third-order valence-electron chi connectivity index (χ3n) is 2.70. The van der Waals surface area contributed by atoms with Gasteiger partial charge in [0.1, 0.15) is 8.64 Å². The van der Waals surface area contributed by atoms with Crippen LogP contribution in [0.15, 0.2) is 0 Å². The minimum absolute atomic E-state index is 0. The average molecular weight is 443 g/mol. The van der Waals surface area contributed by atoms with Gasteiger partial charge in [-0.1, -0.05) is 52.1 Å². The van der Waals surface area contributed by atoms with E-state index in [2.05, 4.69) is 77.4 Å². The van der Waals surface area contributed by atoms with E-state index in [0.717, 1.165) is 0 Å². The smallest absolute Gasteiger partial charge is 0.130 e. The topological polar surface area (TPSA) is 59.1 Å². The fourth-order valence-electron chi connectivity index (χ4n) is 0.723. The molecule has 1 radical (unpaired) electrons. The summed E-state index contributed by atoms with van der Waals surface area (Å²) in [5, 5.41) is 6.08. The molecule has 0 spiro atoms. The molecule has 0 saturated carbocycles. The fourth-order valence-corrected chi connectivity index (χ4v) is 1.50. The fraction of sp³-hybridized carbons (Fsp3) is 0.833. The van der Waals surface area contributed by atoms with Crippen molar-refractivity contribution in [2.45, 2.75) is 53.6 Å². The van der Waals surface area contributed by atoms with Gasteiger partial charge in [-0.2, -0.15) is 0 Å². The molecule has 123 valence electrons. The van der Waals surface area contributed by atoms with Crippen molar-refractivity contribution in [2.24, 2.45) is 11.8 Å². The van der Waals surface area contributed by atoms with Gasteiger partial charge in [0.2, 0.25) is 0 Å². The number of thiol groups is 2. The number of nitrogens with one attached hydrogen (secondary N) is 2. The second-order valence-corrected chi connectivity index (χ2v) is 7.28. The Morgan fingerprint density at radius 1 is 0.750 bits per heavy atom. The van der Waals surface area contributed by atoms with Crippen molar-refractivity contribution in [1.29, 1.82) is 0 Å². The van der Waals surface area contributed by atoms with Crippen LogP contribution in [0.3, 0.4) is 0 Å². The van der Waals surface area contributed by atoms with E-state index in [9.17, 15) is 0 Å². The summed E-state index contributed by atoms with van der Waals surface area (Å²) in [6.45, 7) is 12.8. The van der Waals surface area contributed by atoms with Gasteiger partial charge in [0.05, 0.1) is 0 Å². The first-order chi connectivity index (χ1) is 8.07. The van der Waals surface area contributed by atoms with E-state index in [0.29, 0.717) is 32.6 Å². The molecule has 0 bridgehead atoms. The minimum atomic E-state index is 0. The van der Waals surface area contributed by atoms with Gasteiger partial charge in [0.25, 0.3) is 0 Å². The summed E-state index contributed by atoms with van der Waals surface area (Å²) in [4.78, 5) is 0. The van der Waals surface area contributed by atoms with Crippen molar-refractivity contribution < 1.29 is 20.1 Å². The Kier molecular flexibility index (Phi) is 24.0. The van der Waals surface area contributed by atoms with Gasteiger partial charge in [0.15, 0.2) is 0 Å². The third-order valence-corrected chi connectivity index (χ3v) is 3.20. The van der Waals surface area contributed by atoms with Crippen LogP contribution in [0.25, 0.3) is 0 Å². The Labute approximate surface area is 160 Å². The molecule has 8 heteroatoms. The number of rotatable bonds is 4. The maximum absolute atomic E-state index is 4.74. The third kappa shape index (κ3) is 21.4. The van der Waals surface area contributed by atoms with Crippen LogP contribution in [-0.2, 0) is 20.1 Å². The molecule has 0 aromatic rings. The molecule has 20 heavy (non-hydrogen) atoms. The monoisotopic (exact) mass is 442 g/mol. The summed E-state index contributed by atoms with van der Waals surface area (Å²) in [6, 6.07) is 0.852. The quantitative estimate of drug-likeness (QED) is 0.339. The number of hydrogen-bond donors (Lipinski definition) is 5. The largest absolute Gasteiger partial charge is 0.368 e. The minimum Gasteiger partial charge on any atom is -0.368 e. The zero-order valence-electron chi connectivity index (χ0n) is 13.1. The number of hydrogen-bond acceptors (Lipinski definition) is 3. The molecule has 5 N–H and O–H groups in total. The van der Waals surface area contributed by atoms with Gasteiger partial charge >= 0.3 is 0 Å². The molecule has 0 rings (SSSR count). The van der Waals surface area contributed by atoms with Crippen molar-refractivity contribution in [3.05, 3.63) is 0 Å². The Morgan fingerprint density at radius 2 is 0.950 bits per heavy atom. The molecule has 0 amide bonds. The Bertz CT molecular complexity index is 237. The summed E-state index contributed by atoms with van der Waals surface area (Å²) in [5.74, 6) is 1.21. The van der Waals surface area contributed by atoms with Crippen molar-refractivity contribution in [2.75, 3.05) is 0 Å². The molecule has 3 nitrogen and oxygen atoms in total. The van der Waals surface area contributed by atoms with Gasteiger partial charge in [-0.25, -0.2) is 0 Å². The van der Waals surface area contributed by atoms with Crippen molar-refractivity contribution in [3.63, 3.8) is 0 Å². The molecule has 0 aliphatic heterocycles. The summed E-state index contributed by atoms with van der Waals surface area (Å²) < 4.78 is 1.16. The maximum Gasteiger partial charge on any atom is 0.130 e. The summed E-state index contributed by atoms with van der Waals surface area (Å²) in [7, 11) is 0. The first-order valence-electron chi connectivity index (χ1n) is 6.06. The van der Waals surface area contributed by atoms with Gasteiger partial charge in [-0.15, -0.1) is 25.3 Å². The molecule has 2 atom stereocenters. The zero-order chi connectivity index (χ0) is 14.9. The number of thiocarbonyl (C=S) groups is 2. The predicted molar refractivity (Wildman–Crippen MR) is 103 cm³/mol. The molecule has 0 aliphatic carbocycles. The average Bonchev–Trinajstić information content (AvgIpc) is 2.16. The second-order valence-electron chi connectivity index (χ2n) is 4.96. The zero-order valence-corrected chi connectivity index (χ0v) is 18.4. The first-order valence-corrected chi connectivity index (χ1v) is 7.77. The Hall–Kier alpha value is 1.09. The van der Waals surface area contributed by atoms with E-state index < -0.39 is 0 Å². The molecule has 0 saturated heterocycles. The molecular weight excluding hydrogens is 413 g/mol. The molecular formula is C12H29N3S4Tc. The van der Waals surface area contributed by atoms with E-state index in [1.54, 1.807) is 0 Å². The van der Waals surface area contributed by atoms with Crippen LogP contribution in [0.5, 0.6) is 0 Å². The second kappa shape index (κ2) is 16.5. The molecule has 0 aliphatic rings. The van der Waals surface area contributed by atoms with Crippen LogP contribution in [-0.4, -0.2) is 20.7 Å². The standard InChI is InChI=1S/2C6H13NS2.H3N.Tc/c2*1-4(2)5(3)7-6(8)9;;/h2*4-5H,1-3H3,(H2,7,8,9);1H3;/i;;;1+1. The molecule has 0 fully saturated rings. The first kappa shape index (κ1) is 29.1.